The number of carbonyl (C=O) groups excluding carboxylic acids is 1. The Balaban J connectivity index is 2.19. The maximum atomic E-state index is 12.2. The molecule has 0 aliphatic carbocycles. The first-order valence-corrected chi connectivity index (χ1v) is 7.82. The van der Waals surface area contributed by atoms with Crippen molar-refractivity contribution in [2.24, 2.45) is 0 Å². The molecule has 0 saturated carbocycles. The zero-order chi connectivity index (χ0) is 17.0. The van der Waals surface area contributed by atoms with Gasteiger partial charge in [0.05, 0.1) is 15.9 Å². The minimum atomic E-state index is -0.143. The predicted molar refractivity (Wildman–Crippen MR) is 92.1 cm³/mol. The molecule has 23 heavy (non-hydrogen) atoms. The summed E-state index contributed by atoms with van der Waals surface area (Å²) in [4.78, 5) is 22.1. The number of amides is 1. The van der Waals surface area contributed by atoms with E-state index in [9.17, 15) is 4.79 Å². The van der Waals surface area contributed by atoms with Crippen LogP contribution in [0, 0.1) is 0 Å². The van der Waals surface area contributed by atoms with Crippen molar-refractivity contribution in [2.75, 3.05) is 19.7 Å². The Labute approximate surface area is 144 Å². The number of hydrogen-bond acceptors (Lipinski definition) is 4. The van der Waals surface area contributed by atoms with Crippen LogP contribution < -0.4 is 4.74 Å². The van der Waals surface area contributed by atoms with Gasteiger partial charge >= 0.3 is 0 Å². The van der Waals surface area contributed by atoms with Gasteiger partial charge in [-0.25, -0.2) is 9.97 Å². The minimum Gasteiger partial charge on any atom is -0.467 e. The average Bonchev–Trinajstić information content (AvgIpc) is 2.50. The lowest BCUT2D eigenvalue weighted by Gasteiger charge is -2.21. The Morgan fingerprint density at radius 3 is 2.74 bits per heavy atom. The molecule has 122 valence electrons. The highest BCUT2D eigenvalue weighted by Gasteiger charge is 2.15. The fraction of sp³-hybridized carbons (Fsp3) is 0.312. The molecule has 0 bridgehead atoms. The molecule has 0 aliphatic heterocycles. The van der Waals surface area contributed by atoms with E-state index in [0.29, 0.717) is 34.0 Å². The summed E-state index contributed by atoms with van der Waals surface area (Å²) < 4.78 is 5.57. The molecule has 0 atom stereocenters. The van der Waals surface area contributed by atoms with Gasteiger partial charge in [-0.05, 0) is 26.0 Å². The number of aromatic nitrogens is 2. The molecular formula is C16H17Cl2N3O2. The van der Waals surface area contributed by atoms with E-state index in [2.05, 4.69) is 16.5 Å². The molecule has 0 N–H and O–H groups in total. The fourth-order valence-corrected chi connectivity index (χ4v) is 2.65. The van der Waals surface area contributed by atoms with E-state index < -0.39 is 0 Å². The van der Waals surface area contributed by atoms with Crippen molar-refractivity contribution in [3.05, 3.63) is 40.7 Å². The third-order valence-corrected chi connectivity index (χ3v) is 3.65. The Morgan fingerprint density at radius 1 is 1.35 bits per heavy atom. The molecule has 1 amide bonds. The third-order valence-electron chi connectivity index (χ3n) is 3.15. The Hall–Kier alpha value is -1.85. The van der Waals surface area contributed by atoms with Gasteiger partial charge in [0.1, 0.15) is 6.33 Å². The summed E-state index contributed by atoms with van der Waals surface area (Å²) in [5.74, 6) is 0.134. The highest BCUT2D eigenvalue weighted by Crippen LogP contribution is 2.30. The second-order valence-corrected chi connectivity index (χ2v) is 5.96. The van der Waals surface area contributed by atoms with Crippen LogP contribution in [0.15, 0.2) is 30.6 Å². The summed E-state index contributed by atoms with van der Waals surface area (Å²) in [6.07, 6.45) is 1.34. The minimum absolute atomic E-state index is 0.128. The van der Waals surface area contributed by atoms with Gasteiger partial charge in [-0.1, -0.05) is 35.4 Å². The SMILES string of the molecule is C=C(C)CN(CC)C(=O)COc1ncnc2c(Cl)cc(Cl)cc12. The predicted octanol–water partition coefficient (Wildman–Crippen LogP) is 3.74. The summed E-state index contributed by atoms with van der Waals surface area (Å²) in [6.45, 7) is 8.55. The summed E-state index contributed by atoms with van der Waals surface area (Å²) >= 11 is 12.1. The molecule has 1 aromatic heterocycles. The van der Waals surface area contributed by atoms with Crippen LogP contribution in [0.1, 0.15) is 13.8 Å². The number of fused-ring (bicyclic) bond motifs is 1. The van der Waals surface area contributed by atoms with Crippen molar-refractivity contribution in [1.29, 1.82) is 0 Å². The van der Waals surface area contributed by atoms with Crippen molar-refractivity contribution < 1.29 is 9.53 Å². The summed E-state index contributed by atoms with van der Waals surface area (Å²) in [5, 5.41) is 1.43. The zero-order valence-electron chi connectivity index (χ0n) is 13.0. The van der Waals surface area contributed by atoms with Gasteiger partial charge in [-0.3, -0.25) is 4.79 Å². The zero-order valence-corrected chi connectivity index (χ0v) is 14.5. The molecule has 0 unspecified atom stereocenters. The molecule has 1 heterocycles. The van der Waals surface area contributed by atoms with Crippen molar-refractivity contribution in [3.63, 3.8) is 0 Å². The molecule has 2 rings (SSSR count). The number of nitrogens with zero attached hydrogens (tertiary/aromatic N) is 3. The van der Waals surface area contributed by atoms with Gasteiger partial charge in [0.2, 0.25) is 5.88 Å². The van der Waals surface area contributed by atoms with Gasteiger partial charge < -0.3 is 9.64 Å². The first-order valence-electron chi connectivity index (χ1n) is 7.07. The lowest BCUT2D eigenvalue weighted by Crippen LogP contribution is -2.35. The number of ether oxygens (including phenoxy) is 1. The number of halogens is 2. The molecule has 7 heteroatoms. The molecule has 2 aromatic rings. The molecule has 0 radical (unpaired) electrons. The van der Waals surface area contributed by atoms with Gasteiger partial charge in [0, 0.05) is 18.1 Å². The van der Waals surface area contributed by atoms with E-state index >= 15 is 0 Å². The smallest absolute Gasteiger partial charge is 0.260 e. The number of rotatable bonds is 6. The number of likely N-dealkylation sites (N-methyl/N-ethyl adjacent to an activating group) is 1. The van der Waals surface area contributed by atoms with E-state index in [1.54, 1.807) is 17.0 Å². The fourth-order valence-electron chi connectivity index (χ4n) is 2.11. The van der Waals surface area contributed by atoms with Crippen LogP contribution in [-0.2, 0) is 4.79 Å². The van der Waals surface area contributed by atoms with Gasteiger partial charge in [-0.15, -0.1) is 0 Å². The number of carbonyl (C=O) groups is 1. The van der Waals surface area contributed by atoms with E-state index in [1.807, 2.05) is 13.8 Å². The summed E-state index contributed by atoms with van der Waals surface area (Å²) in [7, 11) is 0. The van der Waals surface area contributed by atoms with Gasteiger partial charge in [-0.2, -0.15) is 0 Å². The number of benzene rings is 1. The normalized spacial score (nSPS) is 10.6. The first-order chi connectivity index (χ1) is 10.9. The summed E-state index contributed by atoms with van der Waals surface area (Å²) in [6, 6.07) is 3.26. The van der Waals surface area contributed by atoms with Crippen LogP contribution in [0.4, 0.5) is 0 Å². The molecule has 5 nitrogen and oxygen atoms in total. The van der Waals surface area contributed by atoms with E-state index in [0.717, 1.165) is 5.57 Å². The molecular weight excluding hydrogens is 337 g/mol. The second-order valence-electron chi connectivity index (χ2n) is 5.12. The molecule has 0 aliphatic rings. The third kappa shape index (κ3) is 4.33. The topological polar surface area (TPSA) is 55.3 Å². The maximum Gasteiger partial charge on any atom is 0.260 e. The lowest BCUT2D eigenvalue weighted by molar-refractivity contribution is -0.132. The van der Waals surface area contributed by atoms with Crippen molar-refractivity contribution in [1.82, 2.24) is 14.9 Å². The molecule has 1 aromatic carbocycles. The maximum absolute atomic E-state index is 12.2. The first kappa shape index (κ1) is 17.5. The van der Waals surface area contributed by atoms with Crippen LogP contribution in [0.25, 0.3) is 10.9 Å². The van der Waals surface area contributed by atoms with Crippen LogP contribution in [0.5, 0.6) is 5.88 Å². The van der Waals surface area contributed by atoms with E-state index in [4.69, 9.17) is 27.9 Å². The second kappa shape index (κ2) is 7.62. The number of hydrogen-bond donors (Lipinski definition) is 0. The quantitative estimate of drug-likeness (QED) is 0.742. The Kier molecular flexibility index (Phi) is 5.80. The summed E-state index contributed by atoms with van der Waals surface area (Å²) in [5.41, 5.74) is 1.44. The molecule has 0 saturated heterocycles. The standard InChI is InChI=1S/C16H17Cl2N3O2/c1-4-21(7-10(2)3)14(22)8-23-16-12-5-11(17)6-13(18)15(12)19-9-20-16/h5-6,9H,2,4,7-8H2,1,3H3. The Morgan fingerprint density at radius 2 is 2.09 bits per heavy atom. The van der Waals surface area contributed by atoms with Crippen molar-refractivity contribution >= 4 is 40.0 Å². The van der Waals surface area contributed by atoms with Crippen LogP contribution in [-0.4, -0.2) is 40.5 Å². The van der Waals surface area contributed by atoms with Crippen LogP contribution in [0.2, 0.25) is 10.0 Å². The van der Waals surface area contributed by atoms with E-state index in [-0.39, 0.29) is 18.4 Å². The molecule has 0 fully saturated rings. The lowest BCUT2D eigenvalue weighted by atomic mass is 10.2. The van der Waals surface area contributed by atoms with Crippen molar-refractivity contribution in [2.45, 2.75) is 13.8 Å². The highest BCUT2D eigenvalue weighted by molar-refractivity contribution is 6.38. The highest BCUT2D eigenvalue weighted by atomic mass is 35.5. The average molecular weight is 354 g/mol. The van der Waals surface area contributed by atoms with Crippen molar-refractivity contribution in [3.8, 4) is 5.88 Å². The van der Waals surface area contributed by atoms with Crippen LogP contribution in [0.3, 0.4) is 0 Å². The molecule has 0 spiro atoms. The Bertz CT molecular complexity index is 749. The largest absolute Gasteiger partial charge is 0.467 e. The van der Waals surface area contributed by atoms with Gasteiger partial charge in [0.15, 0.2) is 6.61 Å². The van der Waals surface area contributed by atoms with E-state index in [1.165, 1.54) is 6.33 Å². The van der Waals surface area contributed by atoms with Gasteiger partial charge in [0.25, 0.3) is 5.91 Å². The monoisotopic (exact) mass is 353 g/mol. The van der Waals surface area contributed by atoms with Crippen LogP contribution >= 0.6 is 23.2 Å².